The summed E-state index contributed by atoms with van der Waals surface area (Å²) in [7, 11) is 0. The predicted octanol–water partition coefficient (Wildman–Crippen LogP) is 3.53. The molecule has 3 N–H and O–H groups in total. The predicted molar refractivity (Wildman–Crippen MR) is 67.2 cm³/mol. The van der Waals surface area contributed by atoms with Gasteiger partial charge in [0, 0.05) is 17.5 Å². The molecule has 0 fully saturated rings. The highest BCUT2D eigenvalue weighted by molar-refractivity contribution is 7.10. The Morgan fingerprint density at radius 1 is 1.35 bits per heavy atom. The molecule has 0 bridgehead atoms. The number of hydrogen-bond donors (Lipinski definition) is 2. The Morgan fingerprint density at radius 2 is 2.12 bits per heavy atom. The minimum absolute atomic E-state index is 0.0550. The molecule has 0 aliphatic carbocycles. The van der Waals surface area contributed by atoms with Crippen LogP contribution < -0.4 is 11.1 Å². The van der Waals surface area contributed by atoms with Crippen molar-refractivity contribution in [3.05, 3.63) is 45.7 Å². The molecule has 1 aromatic carbocycles. The third-order valence-corrected chi connectivity index (χ3v) is 3.52. The van der Waals surface area contributed by atoms with Crippen molar-refractivity contribution >= 4 is 22.7 Å². The summed E-state index contributed by atoms with van der Waals surface area (Å²) in [6.45, 7) is 2.50. The van der Waals surface area contributed by atoms with Crippen LogP contribution in [-0.2, 0) is 6.54 Å². The first-order chi connectivity index (χ1) is 8.08. The Balaban J connectivity index is 2.17. The Labute approximate surface area is 102 Å². The molecule has 0 aliphatic heterocycles. The van der Waals surface area contributed by atoms with E-state index in [1.165, 1.54) is 6.07 Å². The van der Waals surface area contributed by atoms with Crippen LogP contribution in [0, 0.1) is 18.6 Å². The van der Waals surface area contributed by atoms with Gasteiger partial charge in [-0.2, -0.15) is 0 Å². The van der Waals surface area contributed by atoms with Crippen molar-refractivity contribution in [1.82, 2.24) is 0 Å². The molecule has 0 saturated heterocycles. The van der Waals surface area contributed by atoms with Gasteiger partial charge in [-0.25, -0.2) is 8.78 Å². The summed E-state index contributed by atoms with van der Waals surface area (Å²) in [6.07, 6.45) is 0. The molecule has 0 radical (unpaired) electrons. The molecule has 2 rings (SSSR count). The number of aryl methyl sites for hydroxylation is 1. The Hall–Kier alpha value is -1.62. The van der Waals surface area contributed by atoms with Gasteiger partial charge in [0.25, 0.3) is 0 Å². The fourth-order valence-electron chi connectivity index (χ4n) is 1.49. The molecule has 0 unspecified atom stereocenters. The van der Waals surface area contributed by atoms with Crippen LogP contribution in [0.2, 0.25) is 0 Å². The Kier molecular flexibility index (Phi) is 3.28. The second-order valence-electron chi connectivity index (χ2n) is 3.73. The van der Waals surface area contributed by atoms with Crippen molar-refractivity contribution in [2.24, 2.45) is 0 Å². The van der Waals surface area contributed by atoms with Gasteiger partial charge in [-0.15, -0.1) is 11.3 Å². The molecular formula is C12H12F2N2S. The Morgan fingerprint density at radius 3 is 2.76 bits per heavy atom. The zero-order valence-electron chi connectivity index (χ0n) is 9.26. The summed E-state index contributed by atoms with van der Waals surface area (Å²) >= 11 is 1.59. The maximum absolute atomic E-state index is 13.2. The van der Waals surface area contributed by atoms with Gasteiger partial charge in [0.05, 0.1) is 11.4 Å². The minimum Gasteiger partial charge on any atom is -0.395 e. The lowest BCUT2D eigenvalue weighted by atomic mass is 10.2. The molecule has 2 aromatic rings. The lowest BCUT2D eigenvalue weighted by molar-refractivity contribution is 0.587. The van der Waals surface area contributed by atoms with E-state index in [-0.39, 0.29) is 11.4 Å². The highest BCUT2D eigenvalue weighted by atomic mass is 32.1. The maximum Gasteiger partial charge on any atom is 0.151 e. The summed E-state index contributed by atoms with van der Waals surface area (Å²) in [6, 6.07) is 3.97. The van der Waals surface area contributed by atoms with Crippen LogP contribution in [0.15, 0.2) is 23.6 Å². The molecule has 0 amide bonds. The molecule has 0 aliphatic rings. The largest absolute Gasteiger partial charge is 0.395 e. The number of benzene rings is 1. The molecular weight excluding hydrogens is 242 g/mol. The van der Waals surface area contributed by atoms with E-state index < -0.39 is 11.6 Å². The van der Waals surface area contributed by atoms with E-state index in [9.17, 15) is 8.78 Å². The van der Waals surface area contributed by atoms with Gasteiger partial charge < -0.3 is 11.1 Å². The van der Waals surface area contributed by atoms with Crippen molar-refractivity contribution in [1.29, 1.82) is 0 Å². The van der Waals surface area contributed by atoms with Gasteiger partial charge >= 0.3 is 0 Å². The van der Waals surface area contributed by atoms with Gasteiger partial charge in [-0.05, 0) is 30.0 Å². The number of thiophene rings is 1. The number of nitrogen functional groups attached to an aromatic ring is 1. The summed E-state index contributed by atoms with van der Waals surface area (Å²) in [4.78, 5) is 1.12. The third-order valence-electron chi connectivity index (χ3n) is 2.50. The van der Waals surface area contributed by atoms with E-state index in [4.69, 9.17) is 5.73 Å². The SMILES string of the molecule is Cc1ccsc1CNc1cc(F)cc(F)c1N. The lowest BCUT2D eigenvalue weighted by Crippen LogP contribution is -2.04. The number of nitrogens with two attached hydrogens (primary N) is 1. The zero-order valence-corrected chi connectivity index (χ0v) is 10.1. The van der Waals surface area contributed by atoms with Crippen molar-refractivity contribution in [3.63, 3.8) is 0 Å². The molecule has 17 heavy (non-hydrogen) atoms. The molecule has 0 spiro atoms. The first kappa shape index (κ1) is 11.9. The summed E-state index contributed by atoms with van der Waals surface area (Å²) in [5, 5.41) is 4.92. The maximum atomic E-state index is 13.2. The number of hydrogen-bond acceptors (Lipinski definition) is 3. The monoisotopic (exact) mass is 254 g/mol. The number of rotatable bonds is 3. The van der Waals surface area contributed by atoms with Gasteiger partial charge in [-0.3, -0.25) is 0 Å². The van der Waals surface area contributed by atoms with Crippen LogP contribution in [0.1, 0.15) is 10.4 Å². The van der Waals surface area contributed by atoms with E-state index in [2.05, 4.69) is 5.32 Å². The standard InChI is InChI=1S/C12H12F2N2S/c1-7-2-3-17-11(7)6-16-10-5-8(13)4-9(14)12(10)15/h2-5,16H,6,15H2,1H3. The van der Waals surface area contributed by atoms with E-state index >= 15 is 0 Å². The Bertz CT molecular complexity index is 537. The molecule has 90 valence electrons. The molecule has 5 heteroatoms. The molecule has 2 nitrogen and oxygen atoms in total. The number of halogens is 2. The van der Waals surface area contributed by atoms with Gasteiger partial charge in [-0.1, -0.05) is 0 Å². The molecule has 1 aromatic heterocycles. The highest BCUT2D eigenvalue weighted by Gasteiger charge is 2.08. The van der Waals surface area contributed by atoms with Crippen LogP contribution in [0.25, 0.3) is 0 Å². The highest BCUT2D eigenvalue weighted by Crippen LogP contribution is 2.25. The summed E-state index contributed by atoms with van der Waals surface area (Å²) < 4.78 is 26.2. The van der Waals surface area contributed by atoms with Gasteiger partial charge in [0.1, 0.15) is 5.82 Å². The quantitative estimate of drug-likeness (QED) is 0.822. The fourth-order valence-corrected chi connectivity index (χ4v) is 2.34. The van der Waals surface area contributed by atoms with Crippen molar-refractivity contribution in [2.75, 3.05) is 11.1 Å². The summed E-state index contributed by atoms with van der Waals surface area (Å²) in [5.74, 6) is -1.38. The average Bonchev–Trinajstić information content (AvgIpc) is 2.67. The van der Waals surface area contributed by atoms with Crippen LogP contribution >= 0.6 is 11.3 Å². The van der Waals surface area contributed by atoms with Crippen LogP contribution in [-0.4, -0.2) is 0 Å². The molecule has 0 atom stereocenters. The first-order valence-electron chi connectivity index (χ1n) is 5.09. The van der Waals surface area contributed by atoms with Crippen molar-refractivity contribution < 1.29 is 8.78 Å². The topological polar surface area (TPSA) is 38.0 Å². The third kappa shape index (κ3) is 2.55. The smallest absolute Gasteiger partial charge is 0.151 e. The minimum atomic E-state index is -0.740. The summed E-state index contributed by atoms with van der Waals surface area (Å²) in [5.41, 5.74) is 6.91. The second-order valence-corrected chi connectivity index (χ2v) is 4.73. The number of anilines is 2. The van der Waals surface area contributed by atoms with E-state index in [1.807, 2.05) is 18.4 Å². The van der Waals surface area contributed by atoms with E-state index in [1.54, 1.807) is 11.3 Å². The fraction of sp³-hybridized carbons (Fsp3) is 0.167. The lowest BCUT2D eigenvalue weighted by Gasteiger charge is -2.09. The van der Waals surface area contributed by atoms with Crippen LogP contribution in [0.3, 0.4) is 0 Å². The van der Waals surface area contributed by atoms with Gasteiger partial charge in [0.2, 0.25) is 0 Å². The number of nitrogens with one attached hydrogen (secondary N) is 1. The average molecular weight is 254 g/mol. The van der Waals surface area contributed by atoms with Crippen LogP contribution in [0.4, 0.5) is 20.2 Å². The van der Waals surface area contributed by atoms with Crippen molar-refractivity contribution in [2.45, 2.75) is 13.5 Å². The molecule has 1 heterocycles. The second kappa shape index (κ2) is 4.71. The zero-order chi connectivity index (χ0) is 12.4. The normalized spacial score (nSPS) is 10.5. The van der Waals surface area contributed by atoms with Crippen molar-refractivity contribution in [3.8, 4) is 0 Å². The molecule has 0 saturated carbocycles. The van der Waals surface area contributed by atoms with E-state index in [0.717, 1.165) is 16.5 Å². The van der Waals surface area contributed by atoms with E-state index in [0.29, 0.717) is 6.54 Å². The van der Waals surface area contributed by atoms with Gasteiger partial charge in [0.15, 0.2) is 5.82 Å². The first-order valence-corrected chi connectivity index (χ1v) is 5.97. The van der Waals surface area contributed by atoms with Crippen LogP contribution in [0.5, 0.6) is 0 Å².